The van der Waals surface area contributed by atoms with Gasteiger partial charge in [0.25, 0.3) is 5.91 Å². The molecule has 2 aliphatic rings. The number of amides is 1. The first kappa shape index (κ1) is 20.2. The van der Waals surface area contributed by atoms with E-state index in [0.29, 0.717) is 31.9 Å². The molecule has 0 bridgehead atoms. The number of anilines is 2. The van der Waals surface area contributed by atoms with Crippen molar-refractivity contribution in [1.29, 1.82) is 0 Å². The van der Waals surface area contributed by atoms with Gasteiger partial charge in [-0.25, -0.2) is 4.98 Å². The first-order valence-electron chi connectivity index (χ1n) is 11.1. The minimum Gasteiger partial charge on any atom is -0.368 e. The normalized spacial score (nSPS) is 21.2. The van der Waals surface area contributed by atoms with Gasteiger partial charge in [0.05, 0.1) is 18.8 Å². The first-order chi connectivity index (χ1) is 15.7. The van der Waals surface area contributed by atoms with Crippen molar-refractivity contribution < 1.29 is 4.79 Å². The zero-order valence-electron chi connectivity index (χ0n) is 18.2. The van der Waals surface area contributed by atoms with Gasteiger partial charge in [0, 0.05) is 25.5 Å². The molecule has 2 aliphatic heterocycles. The Morgan fingerprint density at radius 1 is 1.16 bits per heavy atom. The quantitative estimate of drug-likeness (QED) is 0.664. The Bertz CT molecular complexity index is 1140. The zero-order chi connectivity index (χ0) is 22.0. The average molecular weight is 430 g/mol. The predicted molar refractivity (Wildman–Crippen MR) is 125 cm³/mol. The van der Waals surface area contributed by atoms with Gasteiger partial charge in [0.2, 0.25) is 0 Å². The Morgan fingerprint density at radius 2 is 2.03 bits per heavy atom. The van der Waals surface area contributed by atoms with Crippen molar-refractivity contribution in [3.05, 3.63) is 72.2 Å². The lowest BCUT2D eigenvalue weighted by molar-refractivity contribution is 0.0682. The van der Waals surface area contributed by atoms with E-state index in [0.717, 1.165) is 35.7 Å². The number of piperidine rings is 1. The molecule has 1 atom stereocenters. The Morgan fingerprint density at radius 3 is 2.88 bits per heavy atom. The molecule has 8 nitrogen and oxygen atoms in total. The number of carbonyl (C=O) groups is 1. The summed E-state index contributed by atoms with van der Waals surface area (Å²) in [6.07, 6.45) is 5.20. The summed E-state index contributed by atoms with van der Waals surface area (Å²) >= 11 is 0. The van der Waals surface area contributed by atoms with Crippen LogP contribution in [0, 0.1) is 0 Å². The molecule has 4 heterocycles. The number of likely N-dealkylation sites (tertiary alicyclic amines) is 1. The van der Waals surface area contributed by atoms with Crippen LogP contribution in [0.4, 0.5) is 11.5 Å². The largest absolute Gasteiger partial charge is 0.368 e. The number of amidine groups is 1. The van der Waals surface area contributed by atoms with Crippen LogP contribution in [-0.2, 0) is 13.1 Å². The summed E-state index contributed by atoms with van der Waals surface area (Å²) in [6, 6.07) is 15.9. The number of aryl methyl sites for hydroxylation is 1. The van der Waals surface area contributed by atoms with Gasteiger partial charge in [0.1, 0.15) is 17.1 Å². The van der Waals surface area contributed by atoms with Crippen LogP contribution in [0.5, 0.6) is 0 Å². The highest BCUT2D eigenvalue weighted by Gasteiger charge is 2.45. The van der Waals surface area contributed by atoms with Crippen LogP contribution in [0.1, 0.15) is 35.8 Å². The summed E-state index contributed by atoms with van der Waals surface area (Å²) in [7, 11) is 0. The van der Waals surface area contributed by atoms with Gasteiger partial charge in [-0.3, -0.25) is 14.5 Å². The van der Waals surface area contributed by atoms with Crippen LogP contribution in [0.15, 0.2) is 65.9 Å². The van der Waals surface area contributed by atoms with Gasteiger partial charge in [-0.15, -0.1) is 0 Å². The van der Waals surface area contributed by atoms with Crippen LogP contribution in [-0.4, -0.2) is 50.0 Å². The number of aliphatic imine (C=N–C) groups is 1. The van der Waals surface area contributed by atoms with E-state index >= 15 is 0 Å². The Kier molecular flexibility index (Phi) is 5.34. The Labute approximate surface area is 187 Å². The maximum absolute atomic E-state index is 13.4. The monoisotopic (exact) mass is 429 g/mol. The van der Waals surface area contributed by atoms with Crippen molar-refractivity contribution in [1.82, 2.24) is 19.7 Å². The van der Waals surface area contributed by atoms with Gasteiger partial charge in [-0.1, -0.05) is 30.3 Å². The molecule has 1 saturated heterocycles. The van der Waals surface area contributed by atoms with E-state index in [2.05, 4.69) is 32.8 Å². The van der Waals surface area contributed by atoms with Crippen LogP contribution < -0.4 is 10.6 Å². The van der Waals surface area contributed by atoms with Gasteiger partial charge >= 0.3 is 0 Å². The second-order valence-corrected chi connectivity index (χ2v) is 8.24. The number of hydrogen-bond acceptors (Lipinski definition) is 5. The lowest BCUT2D eigenvalue weighted by Gasteiger charge is -2.47. The molecule has 0 radical (unpaired) electrons. The molecule has 1 unspecified atom stereocenters. The van der Waals surface area contributed by atoms with Crippen LogP contribution in [0.25, 0.3) is 0 Å². The van der Waals surface area contributed by atoms with Crippen molar-refractivity contribution in [2.45, 2.75) is 38.4 Å². The standard InChI is InChI=1S/C24H27N7O/c1-2-31-20(11-14-27-31)22(32)30-15-7-12-24(17-30)23(26-16-18-8-4-3-5-9-18)28-21-19(29-24)10-6-13-25-21/h3-6,8-11,13-14,29H,2,7,12,15-17H2,1H3,(H,25,26,28). The minimum absolute atomic E-state index is 0.00428. The Hall–Kier alpha value is -3.68. The summed E-state index contributed by atoms with van der Waals surface area (Å²) in [5.41, 5.74) is 2.20. The molecule has 0 saturated carbocycles. The van der Waals surface area contributed by atoms with E-state index in [9.17, 15) is 4.79 Å². The van der Waals surface area contributed by atoms with Gasteiger partial charge in [-0.05, 0) is 43.5 Å². The third kappa shape index (κ3) is 3.72. The van der Waals surface area contributed by atoms with E-state index in [4.69, 9.17) is 4.99 Å². The maximum atomic E-state index is 13.4. The van der Waals surface area contributed by atoms with Crippen molar-refractivity contribution in [3.8, 4) is 0 Å². The van der Waals surface area contributed by atoms with E-state index in [1.165, 1.54) is 0 Å². The molecule has 32 heavy (non-hydrogen) atoms. The fraction of sp³-hybridized carbons (Fsp3) is 0.333. The van der Waals surface area contributed by atoms with E-state index in [-0.39, 0.29) is 5.91 Å². The van der Waals surface area contributed by atoms with Gasteiger partial charge in [-0.2, -0.15) is 5.10 Å². The molecule has 2 N–H and O–H groups in total. The predicted octanol–water partition coefficient (Wildman–Crippen LogP) is 3.41. The number of hydrogen-bond donors (Lipinski definition) is 2. The molecule has 1 aromatic carbocycles. The van der Waals surface area contributed by atoms with E-state index in [1.54, 1.807) is 23.1 Å². The lowest BCUT2D eigenvalue weighted by Crippen LogP contribution is -2.62. The second kappa shape index (κ2) is 8.45. The number of nitrogens with one attached hydrogen (secondary N) is 2. The van der Waals surface area contributed by atoms with Crippen molar-refractivity contribution in [2.24, 2.45) is 4.99 Å². The smallest absolute Gasteiger partial charge is 0.272 e. The number of fused-ring (bicyclic) bond motifs is 1. The molecule has 1 fully saturated rings. The highest BCUT2D eigenvalue weighted by atomic mass is 16.2. The summed E-state index contributed by atoms with van der Waals surface area (Å²) in [6.45, 7) is 4.45. The highest BCUT2D eigenvalue weighted by molar-refractivity contribution is 6.09. The van der Waals surface area contributed by atoms with Crippen molar-refractivity contribution in [3.63, 3.8) is 0 Å². The molecule has 3 aromatic rings. The van der Waals surface area contributed by atoms with Crippen molar-refractivity contribution >= 4 is 23.2 Å². The van der Waals surface area contributed by atoms with Gasteiger partial charge in [0.15, 0.2) is 5.82 Å². The van der Waals surface area contributed by atoms with Crippen LogP contribution in [0.2, 0.25) is 0 Å². The Balaban J connectivity index is 1.48. The number of aromatic nitrogens is 3. The fourth-order valence-corrected chi connectivity index (χ4v) is 4.55. The SMILES string of the molecule is CCn1nccc1C(=O)N1CCCC2(C1)Nc1cccnc1NC2=NCc1ccccc1. The van der Waals surface area contributed by atoms with Crippen LogP contribution >= 0.6 is 0 Å². The number of nitrogens with zero attached hydrogens (tertiary/aromatic N) is 5. The number of pyridine rings is 1. The molecule has 2 aromatic heterocycles. The minimum atomic E-state index is -0.490. The number of benzene rings is 1. The molecule has 5 rings (SSSR count). The number of rotatable bonds is 4. The number of carbonyl (C=O) groups excluding carboxylic acids is 1. The lowest BCUT2D eigenvalue weighted by atomic mass is 9.85. The molecular formula is C24H27N7O. The second-order valence-electron chi connectivity index (χ2n) is 8.24. The van der Waals surface area contributed by atoms with E-state index < -0.39 is 5.54 Å². The molecule has 164 valence electrons. The molecule has 0 aliphatic carbocycles. The first-order valence-corrected chi connectivity index (χ1v) is 11.1. The molecule has 8 heteroatoms. The summed E-state index contributed by atoms with van der Waals surface area (Å²) in [5.74, 6) is 1.59. The molecule has 1 amide bonds. The summed E-state index contributed by atoms with van der Waals surface area (Å²) in [4.78, 5) is 24.7. The average Bonchev–Trinajstić information content (AvgIpc) is 3.32. The highest BCUT2D eigenvalue weighted by Crippen LogP contribution is 2.35. The van der Waals surface area contributed by atoms with Crippen molar-refractivity contribution in [2.75, 3.05) is 23.7 Å². The fourth-order valence-electron chi connectivity index (χ4n) is 4.55. The third-order valence-electron chi connectivity index (χ3n) is 6.15. The topological polar surface area (TPSA) is 87.4 Å². The van der Waals surface area contributed by atoms with Gasteiger partial charge < -0.3 is 15.5 Å². The van der Waals surface area contributed by atoms with E-state index in [1.807, 2.05) is 42.2 Å². The summed E-state index contributed by atoms with van der Waals surface area (Å²) < 4.78 is 1.75. The third-order valence-corrected chi connectivity index (χ3v) is 6.15. The zero-order valence-corrected chi connectivity index (χ0v) is 18.2. The molecular weight excluding hydrogens is 402 g/mol. The van der Waals surface area contributed by atoms with Crippen LogP contribution in [0.3, 0.4) is 0 Å². The summed E-state index contributed by atoms with van der Waals surface area (Å²) in [5, 5.41) is 11.4. The molecule has 1 spiro atoms. The maximum Gasteiger partial charge on any atom is 0.272 e.